The van der Waals surface area contributed by atoms with Crippen LogP contribution in [0.25, 0.3) is 0 Å². The molecule has 0 aliphatic rings. The Labute approximate surface area is 134 Å². The first kappa shape index (κ1) is 15.1. The normalized spacial score (nSPS) is 10.2. The predicted octanol–water partition coefficient (Wildman–Crippen LogP) is 4.44. The van der Waals surface area contributed by atoms with Crippen molar-refractivity contribution in [2.75, 3.05) is 17.7 Å². The number of hydrogen-bond donors (Lipinski definition) is 2. The summed E-state index contributed by atoms with van der Waals surface area (Å²) in [6, 6.07) is 6.74. The zero-order valence-electron chi connectivity index (χ0n) is 10.4. The van der Waals surface area contributed by atoms with E-state index in [2.05, 4.69) is 31.5 Å². The van der Waals surface area contributed by atoms with Crippen molar-refractivity contribution >= 4 is 56.5 Å². The molecule has 7 heteroatoms. The van der Waals surface area contributed by atoms with Gasteiger partial charge in [-0.3, -0.25) is 4.79 Å². The van der Waals surface area contributed by atoms with Crippen LogP contribution in [-0.4, -0.2) is 17.9 Å². The minimum absolute atomic E-state index is 0.328. The van der Waals surface area contributed by atoms with Gasteiger partial charge in [0, 0.05) is 17.7 Å². The number of aromatic nitrogens is 1. The van der Waals surface area contributed by atoms with E-state index in [1.165, 1.54) is 6.20 Å². The van der Waals surface area contributed by atoms with Gasteiger partial charge in [0.25, 0.3) is 5.91 Å². The van der Waals surface area contributed by atoms with Crippen LogP contribution in [0.2, 0.25) is 10.0 Å². The summed E-state index contributed by atoms with van der Waals surface area (Å²) in [5.74, 6) is 0.191. The Morgan fingerprint density at radius 1 is 1.25 bits per heavy atom. The molecule has 0 fully saturated rings. The van der Waals surface area contributed by atoms with Gasteiger partial charge < -0.3 is 10.6 Å². The molecule has 1 aromatic heterocycles. The third-order valence-electron chi connectivity index (χ3n) is 2.52. The van der Waals surface area contributed by atoms with Gasteiger partial charge in [-0.1, -0.05) is 39.1 Å². The summed E-state index contributed by atoms with van der Waals surface area (Å²) in [4.78, 5) is 16.2. The molecular weight excluding hydrogens is 365 g/mol. The van der Waals surface area contributed by atoms with Crippen molar-refractivity contribution in [3.05, 3.63) is 50.5 Å². The number of halogens is 3. The van der Waals surface area contributed by atoms with Gasteiger partial charge in [-0.2, -0.15) is 0 Å². The minimum Gasteiger partial charge on any atom is -0.372 e. The standard InChI is InChI=1S/C13H10BrCl2N3O/c1-17-12-10(16)4-7(6-18-12)13(20)19-11-3-2-8(14)5-9(11)15/h2-6H,1H3,(H,17,18)(H,19,20). The highest BCUT2D eigenvalue weighted by Gasteiger charge is 2.11. The Morgan fingerprint density at radius 2 is 2.00 bits per heavy atom. The molecule has 1 amide bonds. The second kappa shape index (κ2) is 6.43. The van der Waals surface area contributed by atoms with Crippen LogP contribution < -0.4 is 10.6 Å². The summed E-state index contributed by atoms with van der Waals surface area (Å²) >= 11 is 15.3. The maximum absolute atomic E-state index is 12.1. The number of nitrogens with zero attached hydrogens (tertiary/aromatic N) is 1. The highest BCUT2D eigenvalue weighted by Crippen LogP contribution is 2.26. The van der Waals surface area contributed by atoms with Crippen molar-refractivity contribution in [3.63, 3.8) is 0 Å². The second-order valence-corrected chi connectivity index (χ2v) is 5.61. The van der Waals surface area contributed by atoms with Crippen molar-refractivity contribution in [2.24, 2.45) is 0 Å². The Bertz CT molecular complexity index is 664. The first-order valence-corrected chi connectivity index (χ1v) is 7.16. The van der Waals surface area contributed by atoms with Crippen molar-refractivity contribution in [2.45, 2.75) is 0 Å². The molecule has 4 nitrogen and oxygen atoms in total. The number of rotatable bonds is 3. The zero-order valence-corrected chi connectivity index (χ0v) is 13.5. The van der Waals surface area contributed by atoms with Crippen LogP contribution in [0.1, 0.15) is 10.4 Å². The van der Waals surface area contributed by atoms with E-state index in [1.807, 2.05) is 0 Å². The van der Waals surface area contributed by atoms with Crippen molar-refractivity contribution < 1.29 is 4.79 Å². The Kier molecular flexibility index (Phi) is 4.86. The SMILES string of the molecule is CNc1ncc(C(=O)Nc2ccc(Br)cc2Cl)cc1Cl. The summed E-state index contributed by atoms with van der Waals surface area (Å²) in [5.41, 5.74) is 0.877. The number of pyridine rings is 1. The van der Waals surface area contributed by atoms with E-state index < -0.39 is 0 Å². The fourth-order valence-electron chi connectivity index (χ4n) is 1.53. The lowest BCUT2D eigenvalue weighted by atomic mass is 10.2. The lowest BCUT2D eigenvalue weighted by Gasteiger charge is -2.09. The molecule has 0 aliphatic carbocycles. The fraction of sp³-hybridized carbons (Fsp3) is 0.0769. The van der Waals surface area contributed by atoms with Crippen LogP contribution >= 0.6 is 39.1 Å². The Balaban J connectivity index is 2.21. The smallest absolute Gasteiger partial charge is 0.257 e. The van der Waals surface area contributed by atoms with E-state index in [0.717, 1.165) is 4.47 Å². The average molecular weight is 375 g/mol. The summed E-state index contributed by atoms with van der Waals surface area (Å²) in [5, 5.41) is 6.35. The van der Waals surface area contributed by atoms with E-state index in [1.54, 1.807) is 31.3 Å². The number of benzene rings is 1. The second-order valence-electron chi connectivity index (χ2n) is 3.88. The molecule has 0 unspecified atom stereocenters. The van der Waals surface area contributed by atoms with E-state index >= 15 is 0 Å². The first-order chi connectivity index (χ1) is 9.51. The number of hydrogen-bond acceptors (Lipinski definition) is 3. The van der Waals surface area contributed by atoms with Crippen LogP contribution in [0.3, 0.4) is 0 Å². The number of nitrogens with one attached hydrogen (secondary N) is 2. The summed E-state index contributed by atoms with van der Waals surface area (Å²) < 4.78 is 0.837. The lowest BCUT2D eigenvalue weighted by Crippen LogP contribution is -2.13. The molecule has 2 rings (SSSR count). The Morgan fingerprint density at radius 3 is 2.60 bits per heavy atom. The van der Waals surface area contributed by atoms with Crippen LogP contribution in [0.5, 0.6) is 0 Å². The van der Waals surface area contributed by atoms with Crippen LogP contribution in [-0.2, 0) is 0 Å². The van der Waals surface area contributed by atoms with Gasteiger partial charge >= 0.3 is 0 Å². The van der Waals surface area contributed by atoms with E-state index in [9.17, 15) is 4.79 Å². The van der Waals surface area contributed by atoms with Crippen LogP contribution in [0.15, 0.2) is 34.9 Å². The quantitative estimate of drug-likeness (QED) is 0.834. The van der Waals surface area contributed by atoms with Crippen LogP contribution in [0.4, 0.5) is 11.5 Å². The van der Waals surface area contributed by atoms with Gasteiger partial charge in [0.15, 0.2) is 0 Å². The number of carbonyl (C=O) groups is 1. The summed E-state index contributed by atoms with van der Waals surface area (Å²) in [7, 11) is 1.70. The fourth-order valence-corrected chi connectivity index (χ4v) is 2.51. The monoisotopic (exact) mass is 373 g/mol. The van der Waals surface area contributed by atoms with E-state index in [-0.39, 0.29) is 5.91 Å². The highest BCUT2D eigenvalue weighted by molar-refractivity contribution is 9.10. The number of carbonyl (C=O) groups excluding carboxylic acids is 1. The van der Waals surface area contributed by atoms with Gasteiger partial charge in [-0.05, 0) is 24.3 Å². The molecule has 2 aromatic rings. The number of anilines is 2. The van der Waals surface area contributed by atoms with Gasteiger partial charge in [0.2, 0.25) is 0 Å². The predicted molar refractivity (Wildman–Crippen MR) is 85.9 cm³/mol. The first-order valence-electron chi connectivity index (χ1n) is 5.61. The molecule has 0 saturated heterocycles. The molecule has 0 radical (unpaired) electrons. The third kappa shape index (κ3) is 3.42. The van der Waals surface area contributed by atoms with Crippen molar-refractivity contribution in [1.82, 2.24) is 4.98 Å². The topological polar surface area (TPSA) is 54.0 Å². The van der Waals surface area contributed by atoms with Crippen molar-refractivity contribution in [1.29, 1.82) is 0 Å². The molecule has 0 saturated carbocycles. The zero-order chi connectivity index (χ0) is 14.7. The molecular formula is C13H10BrCl2N3O. The molecule has 1 aromatic carbocycles. The maximum Gasteiger partial charge on any atom is 0.257 e. The van der Waals surface area contributed by atoms with E-state index in [4.69, 9.17) is 23.2 Å². The lowest BCUT2D eigenvalue weighted by molar-refractivity contribution is 0.102. The Hall–Kier alpha value is -1.30. The molecule has 104 valence electrons. The maximum atomic E-state index is 12.1. The molecule has 1 heterocycles. The van der Waals surface area contributed by atoms with Gasteiger partial charge in [0.1, 0.15) is 5.82 Å². The summed E-state index contributed by atoms with van der Waals surface area (Å²) in [6.07, 6.45) is 1.44. The number of amides is 1. The molecule has 20 heavy (non-hydrogen) atoms. The van der Waals surface area contributed by atoms with Gasteiger partial charge in [-0.25, -0.2) is 4.98 Å². The molecule has 2 N–H and O–H groups in total. The minimum atomic E-state index is -0.328. The average Bonchev–Trinajstić information content (AvgIpc) is 2.41. The molecule has 0 bridgehead atoms. The van der Waals surface area contributed by atoms with Gasteiger partial charge in [0.05, 0.1) is 21.3 Å². The van der Waals surface area contributed by atoms with Gasteiger partial charge in [-0.15, -0.1) is 0 Å². The van der Waals surface area contributed by atoms with E-state index in [0.29, 0.717) is 27.1 Å². The van der Waals surface area contributed by atoms with Crippen LogP contribution in [0, 0.1) is 0 Å². The summed E-state index contributed by atoms with van der Waals surface area (Å²) in [6.45, 7) is 0. The molecule has 0 spiro atoms. The molecule has 0 atom stereocenters. The van der Waals surface area contributed by atoms with Crippen molar-refractivity contribution in [3.8, 4) is 0 Å². The highest BCUT2D eigenvalue weighted by atomic mass is 79.9. The largest absolute Gasteiger partial charge is 0.372 e. The molecule has 0 aliphatic heterocycles. The third-order valence-corrected chi connectivity index (χ3v) is 3.61.